The van der Waals surface area contributed by atoms with Gasteiger partial charge in [0.1, 0.15) is 17.3 Å². The van der Waals surface area contributed by atoms with Gasteiger partial charge in [0, 0.05) is 12.1 Å². The number of alkyl halides is 6. The maximum atomic E-state index is 13.1. The number of pyridine rings is 1. The highest BCUT2D eigenvalue weighted by Crippen LogP contribution is 2.34. The Morgan fingerprint density at radius 2 is 1.54 bits per heavy atom. The van der Waals surface area contributed by atoms with Gasteiger partial charge in [-0.1, -0.05) is 12.1 Å². The second kappa shape index (κ2) is 8.56. The number of hydrogen-bond acceptors (Lipinski definition) is 5. The van der Waals surface area contributed by atoms with Gasteiger partial charge in [-0.25, -0.2) is 13.4 Å². The number of amides is 1. The molecule has 0 N–H and O–H groups in total. The summed E-state index contributed by atoms with van der Waals surface area (Å²) in [6.45, 7) is 0.0352. The van der Waals surface area contributed by atoms with Crippen LogP contribution in [0.4, 0.5) is 32.2 Å². The lowest BCUT2D eigenvalue weighted by Gasteiger charge is -2.28. The van der Waals surface area contributed by atoms with E-state index in [0.717, 1.165) is 35.2 Å². The molecule has 35 heavy (non-hydrogen) atoms. The Bertz CT molecular complexity index is 1390. The summed E-state index contributed by atoms with van der Waals surface area (Å²) < 4.78 is 106. The van der Waals surface area contributed by atoms with Crippen LogP contribution < -0.4 is 9.64 Å². The van der Waals surface area contributed by atoms with Gasteiger partial charge in [0.15, 0.2) is 5.03 Å². The van der Waals surface area contributed by atoms with Crippen molar-refractivity contribution in [2.24, 2.45) is 0 Å². The first-order valence-corrected chi connectivity index (χ1v) is 11.3. The van der Waals surface area contributed by atoms with Crippen molar-refractivity contribution < 1.29 is 44.3 Å². The Kier molecular flexibility index (Phi) is 5.99. The van der Waals surface area contributed by atoms with E-state index in [2.05, 4.69) is 4.98 Å². The Balaban J connectivity index is 1.60. The smallest absolute Gasteiger partial charge is 0.457 e. The van der Waals surface area contributed by atoms with Crippen LogP contribution in [0.5, 0.6) is 11.5 Å². The molecule has 0 bridgehead atoms. The van der Waals surface area contributed by atoms with Gasteiger partial charge in [0.2, 0.25) is 0 Å². The van der Waals surface area contributed by atoms with Crippen molar-refractivity contribution in [3.63, 3.8) is 0 Å². The van der Waals surface area contributed by atoms with Crippen LogP contribution >= 0.6 is 0 Å². The summed E-state index contributed by atoms with van der Waals surface area (Å²) in [7, 11) is -5.71. The molecule has 4 rings (SSSR count). The lowest BCUT2D eigenvalue weighted by atomic mass is 9.98. The molecule has 1 aliphatic heterocycles. The maximum Gasteiger partial charge on any atom is 0.503 e. The van der Waals surface area contributed by atoms with E-state index in [1.807, 2.05) is 0 Å². The van der Waals surface area contributed by atoms with Crippen LogP contribution in [-0.4, -0.2) is 31.4 Å². The first kappa shape index (κ1) is 24.5. The standard InChI is InChI=1S/C22H14F6N2O4S/c23-21(24,25)14-5-8-15(9-6-14)34-16-7-4-13-10-11-30(20(31)17(13)12-16)18-2-1-3-19(29-18)35(32,33)22(26,27)28/h1-9,12H,10-11H2. The van der Waals surface area contributed by atoms with Crippen molar-refractivity contribution in [2.45, 2.75) is 23.1 Å². The Morgan fingerprint density at radius 1 is 0.886 bits per heavy atom. The summed E-state index contributed by atoms with van der Waals surface area (Å²) in [5, 5.41) is -1.24. The Labute approximate surface area is 194 Å². The average molecular weight is 516 g/mol. The van der Waals surface area contributed by atoms with Crippen molar-refractivity contribution >= 4 is 21.6 Å². The number of anilines is 1. The molecule has 2 aromatic carbocycles. The fraction of sp³-hybridized carbons (Fsp3) is 0.182. The van der Waals surface area contributed by atoms with Crippen LogP contribution in [0.1, 0.15) is 21.5 Å². The second-order valence-corrected chi connectivity index (χ2v) is 9.32. The molecule has 2 heterocycles. The predicted molar refractivity (Wildman–Crippen MR) is 111 cm³/mol. The fourth-order valence-electron chi connectivity index (χ4n) is 3.40. The van der Waals surface area contributed by atoms with Crippen LogP contribution in [0.2, 0.25) is 0 Å². The number of benzene rings is 2. The molecule has 0 saturated heterocycles. The number of hydrogen-bond donors (Lipinski definition) is 0. The average Bonchev–Trinajstić information content (AvgIpc) is 2.79. The third-order valence-corrected chi connectivity index (χ3v) is 6.53. The van der Waals surface area contributed by atoms with Gasteiger partial charge < -0.3 is 4.74 Å². The molecule has 0 saturated carbocycles. The van der Waals surface area contributed by atoms with Crippen LogP contribution in [-0.2, 0) is 22.4 Å². The van der Waals surface area contributed by atoms with Gasteiger partial charge >= 0.3 is 11.7 Å². The number of rotatable bonds is 4. The summed E-state index contributed by atoms with van der Waals surface area (Å²) in [6, 6.07) is 11.3. The molecular weight excluding hydrogens is 502 g/mol. The Hall–Kier alpha value is -3.61. The largest absolute Gasteiger partial charge is 0.503 e. The van der Waals surface area contributed by atoms with Gasteiger partial charge in [-0.2, -0.15) is 26.3 Å². The molecule has 0 unspecified atom stereocenters. The molecule has 6 nitrogen and oxygen atoms in total. The van der Waals surface area contributed by atoms with Crippen molar-refractivity contribution in [3.8, 4) is 11.5 Å². The third kappa shape index (κ3) is 4.81. The van der Waals surface area contributed by atoms with Gasteiger partial charge in [-0.05, 0) is 60.5 Å². The summed E-state index contributed by atoms with van der Waals surface area (Å²) in [5.74, 6) is -0.705. The minimum absolute atomic E-state index is 0.0352. The third-order valence-electron chi connectivity index (χ3n) is 5.14. The summed E-state index contributed by atoms with van der Waals surface area (Å²) >= 11 is 0. The van der Waals surface area contributed by atoms with E-state index in [1.54, 1.807) is 6.07 Å². The lowest BCUT2D eigenvalue weighted by Crippen LogP contribution is -2.38. The zero-order valence-corrected chi connectivity index (χ0v) is 18.2. The first-order valence-electron chi connectivity index (χ1n) is 9.86. The van der Waals surface area contributed by atoms with Crippen molar-refractivity contribution in [1.82, 2.24) is 4.98 Å². The molecule has 3 aromatic rings. The molecule has 1 aliphatic rings. The number of sulfone groups is 1. The minimum atomic E-state index is -5.71. The van der Waals surface area contributed by atoms with Crippen molar-refractivity contribution in [2.75, 3.05) is 11.4 Å². The first-order chi connectivity index (χ1) is 16.3. The quantitative estimate of drug-likeness (QED) is 0.435. The number of fused-ring (bicyclic) bond motifs is 1. The molecule has 184 valence electrons. The number of halogens is 6. The molecule has 1 aromatic heterocycles. The van der Waals surface area contributed by atoms with Gasteiger partial charge in [-0.3, -0.25) is 9.69 Å². The number of carbonyl (C=O) groups is 1. The Morgan fingerprint density at radius 3 is 2.17 bits per heavy atom. The van der Waals surface area contributed by atoms with E-state index in [9.17, 15) is 39.6 Å². The number of carbonyl (C=O) groups excluding carboxylic acids is 1. The highest BCUT2D eigenvalue weighted by Gasteiger charge is 2.48. The maximum absolute atomic E-state index is 13.1. The number of ether oxygens (including phenoxy) is 1. The summed E-state index contributed by atoms with van der Waals surface area (Å²) in [4.78, 5) is 17.7. The van der Waals surface area contributed by atoms with Crippen LogP contribution in [0, 0.1) is 0 Å². The second-order valence-electron chi connectivity index (χ2n) is 7.43. The molecular formula is C22H14F6N2O4S. The molecule has 1 amide bonds. The van der Waals surface area contributed by atoms with Crippen LogP contribution in [0.15, 0.2) is 65.7 Å². The van der Waals surface area contributed by atoms with Crippen molar-refractivity contribution in [3.05, 3.63) is 77.4 Å². The molecule has 0 aliphatic carbocycles. The molecule has 0 atom stereocenters. The number of nitrogens with zero attached hydrogens (tertiary/aromatic N) is 2. The fourth-order valence-corrected chi connectivity index (χ4v) is 4.11. The monoisotopic (exact) mass is 516 g/mol. The van der Waals surface area contributed by atoms with E-state index in [-0.39, 0.29) is 29.4 Å². The highest BCUT2D eigenvalue weighted by molar-refractivity contribution is 7.92. The summed E-state index contributed by atoms with van der Waals surface area (Å²) in [6.07, 6.45) is -4.22. The van der Waals surface area contributed by atoms with Crippen LogP contribution in [0.25, 0.3) is 0 Å². The predicted octanol–water partition coefficient (Wildman–Crippen LogP) is 5.39. The van der Waals surface area contributed by atoms with E-state index in [1.165, 1.54) is 18.2 Å². The molecule has 0 radical (unpaired) electrons. The normalized spacial score (nSPS) is 14.6. The van der Waals surface area contributed by atoms with E-state index in [0.29, 0.717) is 18.1 Å². The van der Waals surface area contributed by atoms with E-state index in [4.69, 9.17) is 4.74 Å². The highest BCUT2D eigenvalue weighted by atomic mass is 32.2. The van der Waals surface area contributed by atoms with Gasteiger partial charge in [0.05, 0.1) is 5.56 Å². The topological polar surface area (TPSA) is 76.6 Å². The van der Waals surface area contributed by atoms with Gasteiger partial charge in [-0.15, -0.1) is 0 Å². The molecule has 0 spiro atoms. The zero-order chi connectivity index (χ0) is 25.6. The van der Waals surface area contributed by atoms with E-state index < -0.39 is 38.0 Å². The van der Waals surface area contributed by atoms with Crippen molar-refractivity contribution in [1.29, 1.82) is 0 Å². The lowest BCUT2D eigenvalue weighted by molar-refractivity contribution is -0.137. The molecule has 13 heteroatoms. The van der Waals surface area contributed by atoms with Gasteiger partial charge in [0.25, 0.3) is 15.7 Å². The summed E-state index contributed by atoms with van der Waals surface area (Å²) in [5.41, 5.74) is -5.68. The van der Waals surface area contributed by atoms with E-state index >= 15 is 0 Å². The SMILES string of the molecule is O=C1c2cc(Oc3ccc(C(F)(F)F)cc3)ccc2CCN1c1cccc(S(=O)(=O)C(F)(F)F)n1. The number of aromatic nitrogens is 1. The molecule has 0 fully saturated rings. The minimum Gasteiger partial charge on any atom is -0.457 e. The van der Waals surface area contributed by atoms with Crippen LogP contribution in [0.3, 0.4) is 0 Å². The zero-order valence-electron chi connectivity index (χ0n) is 17.4.